The topological polar surface area (TPSA) is 66.0 Å². The van der Waals surface area contributed by atoms with Gasteiger partial charge in [-0.05, 0) is 63.4 Å². The Morgan fingerprint density at radius 3 is 2.32 bits per heavy atom. The molecule has 1 aromatic heterocycles. The number of fused-ring (bicyclic) bond motifs is 1. The SMILES string of the molecule is CC1(C)C(=O)N(c2ccc(OC(F)(F)F)cc2)C(=O)N1Cc1c(N2CCCCC2)cnc2ccccc12. The zero-order valence-electron chi connectivity index (χ0n) is 20.6. The van der Waals surface area contributed by atoms with E-state index in [1.54, 1.807) is 13.8 Å². The van der Waals surface area contributed by atoms with Crippen molar-refractivity contribution in [2.24, 2.45) is 0 Å². The van der Waals surface area contributed by atoms with Crippen molar-refractivity contribution >= 4 is 34.2 Å². The third kappa shape index (κ3) is 4.68. The maximum absolute atomic E-state index is 13.7. The number of halogens is 3. The lowest BCUT2D eigenvalue weighted by atomic mass is 10.00. The number of para-hydroxylation sites is 1. The third-order valence-electron chi connectivity index (χ3n) is 7.03. The first-order valence-electron chi connectivity index (χ1n) is 12.2. The third-order valence-corrected chi connectivity index (χ3v) is 7.03. The molecule has 3 heterocycles. The Morgan fingerprint density at radius 1 is 0.973 bits per heavy atom. The molecule has 2 aromatic carbocycles. The molecule has 0 N–H and O–H groups in total. The Labute approximate surface area is 212 Å². The maximum Gasteiger partial charge on any atom is 0.573 e. The predicted molar refractivity (Wildman–Crippen MR) is 133 cm³/mol. The molecular formula is C27H27F3N4O3. The average Bonchev–Trinajstić information content (AvgIpc) is 3.03. The number of imide groups is 1. The van der Waals surface area contributed by atoms with Crippen LogP contribution in [0.15, 0.2) is 54.7 Å². The van der Waals surface area contributed by atoms with Gasteiger partial charge in [-0.15, -0.1) is 13.2 Å². The molecule has 0 saturated carbocycles. The number of carbonyl (C=O) groups is 2. The number of ether oxygens (including phenoxy) is 1. The van der Waals surface area contributed by atoms with E-state index in [0.717, 1.165) is 65.1 Å². The summed E-state index contributed by atoms with van der Waals surface area (Å²) in [4.78, 5) is 36.6. The molecule has 3 aromatic rings. The highest BCUT2D eigenvalue weighted by atomic mass is 19.4. The molecule has 0 unspecified atom stereocenters. The Kier molecular flexibility index (Phi) is 6.21. The average molecular weight is 513 g/mol. The van der Waals surface area contributed by atoms with Crippen LogP contribution >= 0.6 is 0 Å². The van der Waals surface area contributed by atoms with Gasteiger partial charge in [0.25, 0.3) is 5.91 Å². The van der Waals surface area contributed by atoms with Gasteiger partial charge in [-0.2, -0.15) is 0 Å². The van der Waals surface area contributed by atoms with Crippen LogP contribution in [0.2, 0.25) is 0 Å². The van der Waals surface area contributed by atoms with Gasteiger partial charge in [0.05, 0.1) is 29.6 Å². The summed E-state index contributed by atoms with van der Waals surface area (Å²) in [6.45, 7) is 5.32. The lowest BCUT2D eigenvalue weighted by Crippen LogP contribution is -2.44. The number of aromatic nitrogens is 1. The van der Waals surface area contributed by atoms with Crippen molar-refractivity contribution in [3.8, 4) is 5.75 Å². The van der Waals surface area contributed by atoms with Crippen LogP contribution in [0.5, 0.6) is 5.75 Å². The van der Waals surface area contributed by atoms with Crippen LogP contribution in [0.25, 0.3) is 10.9 Å². The lowest BCUT2D eigenvalue weighted by molar-refractivity contribution is -0.274. The largest absolute Gasteiger partial charge is 0.573 e. The molecule has 0 atom stereocenters. The summed E-state index contributed by atoms with van der Waals surface area (Å²) in [5.74, 6) is -0.888. The number of nitrogens with zero attached hydrogens (tertiary/aromatic N) is 4. The molecule has 37 heavy (non-hydrogen) atoms. The Morgan fingerprint density at radius 2 is 1.65 bits per heavy atom. The summed E-state index contributed by atoms with van der Waals surface area (Å²) in [5.41, 5.74) is 1.66. The zero-order chi connectivity index (χ0) is 26.4. The molecular weight excluding hydrogens is 485 g/mol. The van der Waals surface area contributed by atoms with E-state index in [1.165, 1.54) is 23.5 Å². The first kappa shape index (κ1) is 24.9. The molecule has 5 rings (SSSR count). The van der Waals surface area contributed by atoms with Crippen LogP contribution in [-0.4, -0.2) is 46.8 Å². The zero-order valence-corrected chi connectivity index (χ0v) is 20.6. The molecule has 2 fully saturated rings. The van der Waals surface area contributed by atoms with E-state index in [9.17, 15) is 22.8 Å². The monoisotopic (exact) mass is 512 g/mol. The summed E-state index contributed by atoms with van der Waals surface area (Å²) < 4.78 is 41.6. The van der Waals surface area contributed by atoms with Gasteiger partial charge in [0.2, 0.25) is 0 Å². The molecule has 194 valence electrons. The lowest BCUT2D eigenvalue weighted by Gasteiger charge is -2.33. The van der Waals surface area contributed by atoms with Crippen molar-refractivity contribution in [1.82, 2.24) is 9.88 Å². The summed E-state index contributed by atoms with van der Waals surface area (Å²) in [6.07, 6.45) is 0.316. The number of hydrogen-bond acceptors (Lipinski definition) is 5. The maximum atomic E-state index is 13.7. The van der Waals surface area contributed by atoms with Crippen molar-refractivity contribution in [3.63, 3.8) is 0 Å². The van der Waals surface area contributed by atoms with Gasteiger partial charge < -0.3 is 14.5 Å². The molecule has 0 spiro atoms. The highest BCUT2D eigenvalue weighted by Crippen LogP contribution is 2.38. The molecule has 10 heteroatoms. The van der Waals surface area contributed by atoms with Crippen LogP contribution in [-0.2, 0) is 11.3 Å². The van der Waals surface area contributed by atoms with E-state index >= 15 is 0 Å². The number of hydrogen-bond donors (Lipinski definition) is 0. The summed E-state index contributed by atoms with van der Waals surface area (Å²) in [5, 5.41) is 0.911. The van der Waals surface area contributed by atoms with Gasteiger partial charge in [-0.3, -0.25) is 9.78 Å². The summed E-state index contributed by atoms with van der Waals surface area (Å²) in [7, 11) is 0. The van der Waals surface area contributed by atoms with E-state index in [4.69, 9.17) is 0 Å². The summed E-state index contributed by atoms with van der Waals surface area (Å²) >= 11 is 0. The van der Waals surface area contributed by atoms with Crippen molar-refractivity contribution in [1.29, 1.82) is 0 Å². The van der Waals surface area contributed by atoms with Gasteiger partial charge >= 0.3 is 12.4 Å². The van der Waals surface area contributed by atoms with Crippen LogP contribution in [0.4, 0.5) is 29.3 Å². The van der Waals surface area contributed by atoms with Crippen LogP contribution in [0, 0.1) is 0 Å². The van der Waals surface area contributed by atoms with E-state index in [2.05, 4.69) is 14.6 Å². The van der Waals surface area contributed by atoms with E-state index in [-0.39, 0.29) is 12.2 Å². The highest BCUT2D eigenvalue weighted by molar-refractivity contribution is 6.23. The van der Waals surface area contributed by atoms with E-state index < -0.39 is 29.6 Å². The minimum absolute atomic E-state index is 0.177. The van der Waals surface area contributed by atoms with E-state index in [1.807, 2.05) is 30.5 Å². The molecule has 0 aliphatic carbocycles. The Hall–Kier alpha value is -3.82. The molecule has 3 amide bonds. The molecule has 2 aliphatic heterocycles. The van der Waals surface area contributed by atoms with Crippen LogP contribution in [0.3, 0.4) is 0 Å². The first-order valence-corrected chi connectivity index (χ1v) is 12.2. The quantitative estimate of drug-likeness (QED) is 0.400. The number of carbonyl (C=O) groups excluding carboxylic acids is 2. The highest BCUT2D eigenvalue weighted by Gasteiger charge is 2.52. The van der Waals surface area contributed by atoms with Crippen molar-refractivity contribution in [2.75, 3.05) is 22.9 Å². The van der Waals surface area contributed by atoms with Crippen molar-refractivity contribution in [2.45, 2.75) is 51.6 Å². The fraction of sp³-hybridized carbons (Fsp3) is 0.370. The minimum atomic E-state index is -4.83. The fourth-order valence-electron chi connectivity index (χ4n) is 5.05. The smallest absolute Gasteiger partial charge is 0.406 e. The van der Waals surface area contributed by atoms with E-state index in [0.29, 0.717) is 0 Å². The number of rotatable bonds is 5. The Balaban J connectivity index is 1.50. The molecule has 2 saturated heterocycles. The number of benzene rings is 2. The normalized spacial score (nSPS) is 18.1. The molecule has 0 radical (unpaired) electrons. The van der Waals surface area contributed by atoms with Crippen LogP contribution < -0.4 is 14.5 Å². The second-order valence-electron chi connectivity index (χ2n) is 9.80. The fourth-order valence-corrected chi connectivity index (χ4v) is 5.05. The van der Waals surface area contributed by atoms with Gasteiger partial charge in [0, 0.05) is 24.0 Å². The number of alkyl halides is 3. The number of amides is 3. The molecule has 0 bridgehead atoms. The van der Waals surface area contributed by atoms with Gasteiger partial charge in [-0.1, -0.05) is 18.2 Å². The van der Waals surface area contributed by atoms with Gasteiger partial charge in [-0.25, -0.2) is 9.69 Å². The summed E-state index contributed by atoms with van der Waals surface area (Å²) in [6, 6.07) is 11.9. The Bertz CT molecular complexity index is 1330. The molecule has 7 nitrogen and oxygen atoms in total. The number of pyridine rings is 1. The first-order chi connectivity index (χ1) is 17.6. The van der Waals surface area contributed by atoms with Gasteiger partial charge in [0.15, 0.2) is 0 Å². The predicted octanol–water partition coefficient (Wildman–Crippen LogP) is 5.87. The van der Waals surface area contributed by atoms with Crippen LogP contribution in [0.1, 0.15) is 38.7 Å². The number of piperidine rings is 1. The molecule has 2 aliphatic rings. The minimum Gasteiger partial charge on any atom is -0.406 e. The van der Waals surface area contributed by atoms with Gasteiger partial charge in [0.1, 0.15) is 11.3 Å². The standard InChI is InChI=1S/C27H27F3N4O3/c1-26(2)24(35)34(18-10-12-19(13-11-18)37-27(28,29)30)25(36)33(26)17-21-20-8-4-5-9-22(20)31-16-23(21)32-14-6-3-7-15-32/h4-5,8-13,16H,3,6-7,14-15,17H2,1-2H3. The second-order valence-corrected chi connectivity index (χ2v) is 9.80. The second kappa shape index (κ2) is 9.24. The van der Waals surface area contributed by atoms with Crippen molar-refractivity contribution < 1.29 is 27.5 Å². The number of urea groups is 1. The number of anilines is 2. The van der Waals surface area contributed by atoms with Crippen molar-refractivity contribution in [3.05, 3.63) is 60.3 Å².